The van der Waals surface area contributed by atoms with E-state index in [9.17, 15) is 9.18 Å². The molecule has 2 atom stereocenters. The Hall–Kier alpha value is -1.66. The Morgan fingerprint density at radius 3 is 3.00 bits per heavy atom. The molecule has 1 amide bonds. The molecule has 0 aliphatic carbocycles. The standard InChI is InChI=1S/C15H22FN3O2/c1-10-5-6-19(8-14(10)21-2)9-15(20)18-13-4-3-11(16)7-12(13)17/h3-4,7,10,14H,5-6,8-9,17H2,1-2H3,(H,18,20). The zero-order valence-electron chi connectivity index (χ0n) is 12.4. The summed E-state index contributed by atoms with van der Waals surface area (Å²) in [5.41, 5.74) is 6.34. The molecule has 1 aliphatic rings. The van der Waals surface area contributed by atoms with E-state index in [-0.39, 0.29) is 24.2 Å². The number of hydrogen-bond acceptors (Lipinski definition) is 4. The number of hydrogen-bond donors (Lipinski definition) is 2. The number of likely N-dealkylation sites (tertiary alicyclic amines) is 1. The van der Waals surface area contributed by atoms with Crippen molar-refractivity contribution in [1.82, 2.24) is 4.90 Å². The highest BCUT2D eigenvalue weighted by molar-refractivity contribution is 5.95. The SMILES string of the molecule is COC1CN(CC(=O)Nc2ccc(F)cc2N)CCC1C. The molecule has 1 saturated heterocycles. The molecule has 2 rings (SSSR count). The fourth-order valence-electron chi connectivity index (χ4n) is 2.59. The van der Waals surface area contributed by atoms with Crippen molar-refractivity contribution >= 4 is 17.3 Å². The van der Waals surface area contributed by atoms with Crippen LogP contribution in [0.3, 0.4) is 0 Å². The summed E-state index contributed by atoms with van der Waals surface area (Å²) in [4.78, 5) is 14.1. The Labute approximate surface area is 124 Å². The van der Waals surface area contributed by atoms with Gasteiger partial charge in [-0.2, -0.15) is 0 Å². The third kappa shape index (κ3) is 4.15. The van der Waals surface area contributed by atoms with Crippen LogP contribution in [-0.2, 0) is 9.53 Å². The van der Waals surface area contributed by atoms with Gasteiger partial charge in [-0.3, -0.25) is 9.69 Å². The summed E-state index contributed by atoms with van der Waals surface area (Å²) >= 11 is 0. The average Bonchev–Trinajstić information content (AvgIpc) is 2.44. The van der Waals surface area contributed by atoms with Crippen LogP contribution in [0.15, 0.2) is 18.2 Å². The monoisotopic (exact) mass is 295 g/mol. The fraction of sp³-hybridized carbons (Fsp3) is 0.533. The predicted octanol–water partition coefficient (Wildman–Crippen LogP) is 1.70. The van der Waals surface area contributed by atoms with E-state index in [0.29, 0.717) is 11.6 Å². The van der Waals surface area contributed by atoms with Gasteiger partial charge in [-0.15, -0.1) is 0 Å². The molecule has 1 aromatic rings. The van der Waals surface area contributed by atoms with E-state index in [2.05, 4.69) is 17.1 Å². The van der Waals surface area contributed by atoms with Gasteiger partial charge in [0, 0.05) is 13.7 Å². The van der Waals surface area contributed by atoms with Crippen LogP contribution in [0, 0.1) is 11.7 Å². The van der Waals surface area contributed by atoms with Gasteiger partial charge in [0.05, 0.1) is 24.0 Å². The number of nitrogens with zero attached hydrogens (tertiary/aromatic N) is 1. The molecule has 116 valence electrons. The molecule has 3 N–H and O–H groups in total. The van der Waals surface area contributed by atoms with Crippen LogP contribution in [0.5, 0.6) is 0 Å². The number of carbonyl (C=O) groups is 1. The lowest BCUT2D eigenvalue weighted by Crippen LogP contribution is -2.46. The third-order valence-electron chi connectivity index (χ3n) is 3.93. The molecule has 0 aromatic heterocycles. The molecule has 1 aliphatic heterocycles. The first-order valence-corrected chi connectivity index (χ1v) is 7.09. The van der Waals surface area contributed by atoms with Gasteiger partial charge in [-0.1, -0.05) is 6.92 Å². The first kappa shape index (κ1) is 15.7. The van der Waals surface area contributed by atoms with Crippen LogP contribution in [0.25, 0.3) is 0 Å². The maximum Gasteiger partial charge on any atom is 0.238 e. The minimum Gasteiger partial charge on any atom is -0.397 e. The van der Waals surface area contributed by atoms with E-state index in [1.807, 2.05) is 0 Å². The van der Waals surface area contributed by atoms with E-state index in [1.54, 1.807) is 7.11 Å². The summed E-state index contributed by atoms with van der Waals surface area (Å²) in [6, 6.07) is 3.94. The number of methoxy groups -OCH3 is 1. The first-order chi connectivity index (χ1) is 9.99. The van der Waals surface area contributed by atoms with Crippen molar-refractivity contribution in [2.75, 3.05) is 37.8 Å². The Morgan fingerprint density at radius 2 is 2.33 bits per heavy atom. The average molecular weight is 295 g/mol. The molecule has 0 bridgehead atoms. The van der Waals surface area contributed by atoms with E-state index < -0.39 is 5.82 Å². The molecular formula is C15H22FN3O2. The molecule has 2 unspecified atom stereocenters. The normalized spacial score (nSPS) is 23.0. The lowest BCUT2D eigenvalue weighted by atomic mass is 9.96. The molecule has 0 radical (unpaired) electrons. The predicted molar refractivity (Wildman–Crippen MR) is 80.5 cm³/mol. The Kier molecular flexibility index (Phi) is 5.14. The second-order valence-electron chi connectivity index (χ2n) is 5.55. The number of anilines is 2. The van der Waals surface area contributed by atoms with Crippen molar-refractivity contribution in [3.05, 3.63) is 24.0 Å². The highest BCUT2D eigenvalue weighted by atomic mass is 19.1. The summed E-state index contributed by atoms with van der Waals surface area (Å²) in [6.07, 6.45) is 1.16. The Balaban J connectivity index is 1.90. The molecule has 1 fully saturated rings. The van der Waals surface area contributed by atoms with Crippen molar-refractivity contribution in [2.24, 2.45) is 5.92 Å². The number of ether oxygens (including phenoxy) is 1. The number of rotatable bonds is 4. The molecule has 21 heavy (non-hydrogen) atoms. The number of nitrogens with one attached hydrogen (secondary N) is 1. The lowest BCUT2D eigenvalue weighted by Gasteiger charge is -2.35. The molecule has 6 heteroatoms. The second-order valence-corrected chi connectivity index (χ2v) is 5.55. The summed E-state index contributed by atoms with van der Waals surface area (Å²) in [5, 5.41) is 2.72. The van der Waals surface area contributed by atoms with E-state index in [4.69, 9.17) is 10.5 Å². The highest BCUT2D eigenvalue weighted by Gasteiger charge is 2.27. The number of halogens is 1. The molecule has 5 nitrogen and oxygen atoms in total. The van der Waals surface area contributed by atoms with E-state index in [0.717, 1.165) is 19.5 Å². The molecular weight excluding hydrogens is 273 g/mol. The summed E-state index contributed by atoms with van der Waals surface area (Å²) < 4.78 is 18.4. The van der Waals surface area contributed by atoms with E-state index >= 15 is 0 Å². The number of nitrogen functional groups attached to an aromatic ring is 1. The van der Waals surface area contributed by atoms with Crippen molar-refractivity contribution in [3.8, 4) is 0 Å². The zero-order valence-corrected chi connectivity index (χ0v) is 12.4. The maximum atomic E-state index is 13.0. The Bertz CT molecular complexity index is 510. The summed E-state index contributed by atoms with van der Waals surface area (Å²) in [7, 11) is 1.70. The molecule has 0 spiro atoms. The topological polar surface area (TPSA) is 67.6 Å². The molecule has 1 heterocycles. The van der Waals surface area contributed by atoms with Gasteiger partial charge in [-0.25, -0.2) is 4.39 Å². The van der Waals surface area contributed by atoms with Crippen LogP contribution < -0.4 is 11.1 Å². The number of piperidine rings is 1. The highest BCUT2D eigenvalue weighted by Crippen LogP contribution is 2.21. The van der Waals surface area contributed by atoms with E-state index in [1.165, 1.54) is 18.2 Å². The quantitative estimate of drug-likeness (QED) is 0.830. The summed E-state index contributed by atoms with van der Waals surface area (Å²) in [5.74, 6) is -0.0711. The molecule has 1 aromatic carbocycles. The third-order valence-corrected chi connectivity index (χ3v) is 3.93. The van der Waals surface area contributed by atoms with Crippen LogP contribution in [0.4, 0.5) is 15.8 Å². The van der Waals surface area contributed by atoms with Gasteiger partial charge in [0.25, 0.3) is 0 Å². The second kappa shape index (κ2) is 6.87. The Morgan fingerprint density at radius 1 is 1.57 bits per heavy atom. The number of benzene rings is 1. The largest absolute Gasteiger partial charge is 0.397 e. The van der Waals surface area contributed by atoms with Gasteiger partial charge < -0.3 is 15.8 Å². The summed E-state index contributed by atoms with van der Waals surface area (Å²) in [6.45, 7) is 4.05. The maximum absolute atomic E-state index is 13.0. The number of nitrogens with two attached hydrogens (primary N) is 1. The van der Waals surface area contributed by atoms with Gasteiger partial charge in [-0.05, 0) is 37.1 Å². The molecule has 0 saturated carbocycles. The fourth-order valence-corrected chi connectivity index (χ4v) is 2.59. The first-order valence-electron chi connectivity index (χ1n) is 7.09. The van der Waals surface area contributed by atoms with Crippen LogP contribution >= 0.6 is 0 Å². The van der Waals surface area contributed by atoms with Gasteiger partial charge in [0.15, 0.2) is 0 Å². The van der Waals surface area contributed by atoms with Crippen molar-refractivity contribution in [2.45, 2.75) is 19.4 Å². The van der Waals surface area contributed by atoms with Crippen LogP contribution in [-0.4, -0.2) is 43.7 Å². The number of carbonyl (C=O) groups excluding carboxylic acids is 1. The minimum atomic E-state index is -0.418. The minimum absolute atomic E-state index is 0.155. The van der Waals surface area contributed by atoms with Crippen LogP contribution in [0.2, 0.25) is 0 Å². The van der Waals surface area contributed by atoms with Gasteiger partial charge in [0.2, 0.25) is 5.91 Å². The number of amides is 1. The van der Waals surface area contributed by atoms with Gasteiger partial charge >= 0.3 is 0 Å². The zero-order chi connectivity index (χ0) is 15.4. The van der Waals surface area contributed by atoms with Crippen molar-refractivity contribution in [3.63, 3.8) is 0 Å². The van der Waals surface area contributed by atoms with Gasteiger partial charge in [0.1, 0.15) is 5.82 Å². The smallest absolute Gasteiger partial charge is 0.238 e. The van der Waals surface area contributed by atoms with Crippen molar-refractivity contribution in [1.29, 1.82) is 0 Å². The van der Waals surface area contributed by atoms with Crippen molar-refractivity contribution < 1.29 is 13.9 Å². The lowest BCUT2D eigenvalue weighted by molar-refractivity contribution is -0.118. The van der Waals surface area contributed by atoms with Crippen LogP contribution in [0.1, 0.15) is 13.3 Å².